The van der Waals surface area contributed by atoms with Crippen LogP contribution in [0.1, 0.15) is 98.3 Å². The average Bonchev–Trinajstić information content (AvgIpc) is 3.01. The van der Waals surface area contributed by atoms with E-state index in [1.165, 1.54) is 25.7 Å². The normalized spacial score (nSPS) is 39.3. The number of methoxy groups -OCH3 is 1. The molecule has 1 nitrogen and oxygen atoms in total. The van der Waals surface area contributed by atoms with Crippen LogP contribution in [0.3, 0.4) is 0 Å². The van der Waals surface area contributed by atoms with Gasteiger partial charge in [0.2, 0.25) is 0 Å². The lowest BCUT2D eigenvalue weighted by atomic mass is 9.50. The van der Waals surface area contributed by atoms with Gasteiger partial charge in [-0.05, 0) is 92.3 Å². The van der Waals surface area contributed by atoms with Gasteiger partial charge < -0.3 is 4.74 Å². The highest BCUT2D eigenvalue weighted by Gasteiger charge is 2.56. The van der Waals surface area contributed by atoms with E-state index < -0.39 is 12.6 Å². The Morgan fingerprint density at radius 3 is 2.31 bits per heavy atom. The molecule has 3 saturated carbocycles. The molecule has 3 aliphatic carbocycles. The fourth-order valence-corrected chi connectivity index (χ4v) is 7.62. The monoisotopic (exact) mass is 418 g/mol. The summed E-state index contributed by atoms with van der Waals surface area (Å²) in [5.41, 5.74) is 0.419. The van der Waals surface area contributed by atoms with E-state index in [1.54, 1.807) is 7.11 Å². The predicted molar refractivity (Wildman–Crippen MR) is 115 cm³/mol. The van der Waals surface area contributed by atoms with Crippen molar-refractivity contribution in [3.63, 3.8) is 0 Å². The van der Waals surface area contributed by atoms with E-state index in [0.717, 1.165) is 57.0 Å². The summed E-state index contributed by atoms with van der Waals surface area (Å²) in [6.07, 6.45) is 6.70. The summed E-state index contributed by atoms with van der Waals surface area (Å²) in [6, 6.07) is 0. The van der Waals surface area contributed by atoms with Crippen molar-refractivity contribution in [3.05, 3.63) is 0 Å². The molecule has 7 atom stereocenters. The molecule has 3 aliphatic rings. The van der Waals surface area contributed by atoms with E-state index in [0.29, 0.717) is 23.2 Å². The Balaban J connectivity index is 0.00000145. The number of alkyl halides is 3. The minimum atomic E-state index is -4.01. The summed E-state index contributed by atoms with van der Waals surface area (Å²) in [4.78, 5) is 0. The van der Waals surface area contributed by atoms with E-state index in [2.05, 4.69) is 13.8 Å². The molecule has 29 heavy (non-hydrogen) atoms. The molecule has 3 rings (SSSR count). The molecule has 172 valence electrons. The van der Waals surface area contributed by atoms with E-state index >= 15 is 0 Å². The molecule has 0 spiro atoms. The Hall–Kier alpha value is -0.250. The van der Waals surface area contributed by atoms with E-state index in [1.807, 2.05) is 13.8 Å². The summed E-state index contributed by atoms with van der Waals surface area (Å²) >= 11 is 0. The van der Waals surface area contributed by atoms with Crippen LogP contribution >= 0.6 is 0 Å². The molecular formula is C25H45F3O. The van der Waals surface area contributed by atoms with Crippen molar-refractivity contribution in [2.45, 2.75) is 105 Å². The highest BCUT2D eigenvalue weighted by molar-refractivity contribution is 5.05. The molecule has 0 aromatic carbocycles. The molecule has 0 heterocycles. The smallest absolute Gasteiger partial charge is 0.385 e. The highest BCUT2D eigenvalue weighted by atomic mass is 19.4. The van der Waals surface area contributed by atoms with Gasteiger partial charge in [-0.3, -0.25) is 0 Å². The molecule has 0 bridgehead atoms. The third kappa shape index (κ3) is 5.71. The fourth-order valence-electron chi connectivity index (χ4n) is 7.62. The van der Waals surface area contributed by atoms with Gasteiger partial charge in [0, 0.05) is 20.1 Å². The van der Waals surface area contributed by atoms with Gasteiger partial charge in [-0.15, -0.1) is 0 Å². The topological polar surface area (TPSA) is 9.23 Å². The lowest BCUT2D eigenvalue weighted by Gasteiger charge is -2.55. The van der Waals surface area contributed by atoms with Crippen LogP contribution in [0.4, 0.5) is 13.2 Å². The fraction of sp³-hybridized carbons (Fsp3) is 1.00. The van der Waals surface area contributed by atoms with Gasteiger partial charge in [0.05, 0.1) is 0 Å². The van der Waals surface area contributed by atoms with Crippen molar-refractivity contribution in [1.29, 1.82) is 0 Å². The molecule has 4 heteroatoms. The molecule has 0 amide bonds. The SMILES string of the molecule is CC.CCCC1C(CC(F)(F)F)CCC2C1CCC1(C)C(CCCOC)CCC21. The second-order valence-electron chi connectivity index (χ2n) is 10.00. The first kappa shape index (κ1) is 25.0. The first-order valence-electron chi connectivity index (χ1n) is 12.4. The van der Waals surface area contributed by atoms with Crippen LogP contribution in [0, 0.1) is 40.9 Å². The van der Waals surface area contributed by atoms with Crippen molar-refractivity contribution in [1.82, 2.24) is 0 Å². The Kier molecular flexibility index (Phi) is 9.37. The van der Waals surface area contributed by atoms with Gasteiger partial charge in [0.15, 0.2) is 0 Å². The maximum atomic E-state index is 13.1. The number of hydrogen-bond acceptors (Lipinski definition) is 1. The maximum Gasteiger partial charge on any atom is 0.389 e. The molecule has 0 aliphatic heterocycles. The zero-order valence-corrected chi connectivity index (χ0v) is 19.5. The van der Waals surface area contributed by atoms with Crippen LogP contribution in [0.15, 0.2) is 0 Å². The van der Waals surface area contributed by atoms with Crippen LogP contribution in [0.5, 0.6) is 0 Å². The Bertz CT molecular complexity index is 477. The van der Waals surface area contributed by atoms with Crippen LogP contribution in [-0.4, -0.2) is 19.9 Å². The van der Waals surface area contributed by atoms with E-state index in [-0.39, 0.29) is 5.92 Å². The molecule has 0 N–H and O–H groups in total. The van der Waals surface area contributed by atoms with Crippen molar-refractivity contribution < 1.29 is 17.9 Å². The molecule has 0 saturated heterocycles. The zero-order chi connectivity index (χ0) is 21.7. The van der Waals surface area contributed by atoms with Crippen molar-refractivity contribution in [3.8, 4) is 0 Å². The van der Waals surface area contributed by atoms with Gasteiger partial charge in [0.1, 0.15) is 0 Å². The summed E-state index contributed by atoms with van der Waals surface area (Å²) in [6.45, 7) is 9.50. The summed E-state index contributed by atoms with van der Waals surface area (Å²) in [5, 5.41) is 0. The lowest BCUT2D eigenvalue weighted by molar-refractivity contribution is -0.161. The third-order valence-corrected chi connectivity index (χ3v) is 8.73. The van der Waals surface area contributed by atoms with Crippen molar-refractivity contribution in [2.24, 2.45) is 40.9 Å². The first-order chi connectivity index (χ1) is 13.8. The zero-order valence-electron chi connectivity index (χ0n) is 19.5. The van der Waals surface area contributed by atoms with E-state index in [9.17, 15) is 13.2 Å². The van der Waals surface area contributed by atoms with Crippen molar-refractivity contribution >= 4 is 0 Å². The average molecular weight is 419 g/mol. The number of halogens is 3. The Morgan fingerprint density at radius 2 is 1.69 bits per heavy atom. The van der Waals surface area contributed by atoms with Crippen LogP contribution in [0.2, 0.25) is 0 Å². The second-order valence-corrected chi connectivity index (χ2v) is 10.00. The minimum absolute atomic E-state index is 0.130. The van der Waals surface area contributed by atoms with Gasteiger partial charge in [0.25, 0.3) is 0 Å². The van der Waals surface area contributed by atoms with E-state index in [4.69, 9.17) is 4.74 Å². The van der Waals surface area contributed by atoms with Crippen LogP contribution < -0.4 is 0 Å². The molecule has 0 radical (unpaired) electrons. The lowest BCUT2D eigenvalue weighted by Crippen LogP contribution is -2.47. The summed E-state index contributed by atoms with van der Waals surface area (Å²) < 4.78 is 44.7. The molecule has 0 aromatic heterocycles. The Morgan fingerprint density at radius 1 is 0.966 bits per heavy atom. The minimum Gasteiger partial charge on any atom is -0.385 e. The molecule has 7 unspecified atom stereocenters. The van der Waals surface area contributed by atoms with Crippen LogP contribution in [-0.2, 0) is 4.74 Å². The maximum absolute atomic E-state index is 13.1. The number of ether oxygens (including phenoxy) is 1. The molecular weight excluding hydrogens is 373 g/mol. The molecule has 3 fully saturated rings. The number of fused-ring (bicyclic) bond motifs is 3. The Labute approximate surface area is 177 Å². The standard InChI is InChI=1S/C23H39F3O.C2H6/c1-4-6-18-16(15-23(24,25)26)8-10-20-19(18)12-13-22(2)17(7-5-14-27-3)9-11-21(20)22;1-2/h16-21H,4-15H2,1-3H3;1-2H3. The number of rotatable bonds is 7. The largest absolute Gasteiger partial charge is 0.389 e. The summed E-state index contributed by atoms with van der Waals surface area (Å²) in [5.74, 6) is 2.92. The van der Waals surface area contributed by atoms with Crippen LogP contribution in [0.25, 0.3) is 0 Å². The summed E-state index contributed by atoms with van der Waals surface area (Å²) in [7, 11) is 1.78. The van der Waals surface area contributed by atoms with Gasteiger partial charge >= 0.3 is 6.18 Å². The quantitative estimate of drug-likeness (QED) is 0.378. The third-order valence-electron chi connectivity index (χ3n) is 8.73. The second kappa shape index (κ2) is 10.9. The van der Waals surface area contributed by atoms with Crippen molar-refractivity contribution in [2.75, 3.05) is 13.7 Å². The van der Waals surface area contributed by atoms with Gasteiger partial charge in [-0.25, -0.2) is 0 Å². The predicted octanol–water partition coefficient (Wildman–Crippen LogP) is 8.28. The molecule has 0 aromatic rings. The number of hydrogen-bond donors (Lipinski definition) is 0. The van der Waals surface area contributed by atoms with Gasteiger partial charge in [-0.2, -0.15) is 13.2 Å². The highest BCUT2D eigenvalue weighted by Crippen LogP contribution is 2.64. The first-order valence-corrected chi connectivity index (χ1v) is 12.4. The van der Waals surface area contributed by atoms with Gasteiger partial charge in [-0.1, -0.05) is 40.5 Å².